The fourth-order valence-corrected chi connectivity index (χ4v) is 2.05. The lowest BCUT2D eigenvalue weighted by molar-refractivity contribution is -0.691. The Labute approximate surface area is 119 Å². The number of hydrogen-bond donors (Lipinski definition) is 0. The maximum Gasteiger partial charge on any atom is 0.673 e. The van der Waals surface area contributed by atoms with Crippen LogP contribution in [0, 0.1) is 0 Å². The second kappa shape index (κ2) is 6.15. The van der Waals surface area contributed by atoms with Crippen LogP contribution >= 0.6 is 0 Å². The highest BCUT2D eigenvalue weighted by Gasteiger charge is 2.22. The predicted octanol–water partition coefficient (Wildman–Crippen LogP) is 2.41. The summed E-state index contributed by atoms with van der Waals surface area (Å²) in [4.78, 5) is 0. The van der Waals surface area contributed by atoms with Crippen molar-refractivity contribution >= 4 is 7.25 Å². The van der Waals surface area contributed by atoms with Crippen molar-refractivity contribution in [3.8, 4) is 11.4 Å². The van der Waals surface area contributed by atoms with Crippen LogP contribution in [0.4, 0.5) is 17.3 Å². The van der Waals surface area contributed by atoms with Crippen LogP contribution < -0.4 is 9.30 Å². The third-order valence-corrected chi connectivity index (χ3v) is 2.94. The highest BCUT2D eigenvalue weighted by Crippen LogP contribution is 2.14. The normalized spacial score (nSPS) is 13.4. The van der Waals surface area contributed by atoms with Gasteiger partial charge < -0.3 is 22.0 Å². The number of ether oxygens (including phenoxy) is 1. The maximum atomic E-state index is 9.75. The van der Waals surface area contributed by atoms with E-state index in [1.165, 1.54) is 12.2 Å². The lowest BCUT2D eigenvalue weighted by atomic mass is 10.3. The molecule has 0 radical (unpaired) electrons. The number of methoxy groups -OCH3 is 1. The van der Waals surface area contributed by atoms with Crippen LogP contribution in [0.3, 0.4) is 0 Å². The van der Waals surface area contributed by atoms with Gasteiger partial charge in [0, 0.05) is 11.5 Å². The first kappa shape index (κ1) is 15.3. The van der Waals surface area contributed by atoms with Crippen molar-refractivity contribution in [1.82, 2.24) is 9.78 Å². The standard InChI is InChI=1S/C12H14N3O.BF4/c1-16-11-6-4-10(5-7-11)15-9-14-8-2-3-12(14)13-15;2-1(3,4)5/h4-7,9H,2-3,8H2,1H3;/q+1;-1. The summed E-state index contributed by atoms with van der Waals surface area (Å²) in [5.41, 5.74) is 1.07. The van der Waals surface area contributed by atoms with Crippen LogP contribution in [0.2, 0.25) is 0 Å². The van der Waals surface area contributed by atoms with Crippen LogP contribution in [0.5, 0.6) is 5.75 Å². The molecule has 1 aromatic heterocycles. The van der Waals surface area contributed by atoms with Crippen molar-refractivity contribution in [2.24, 2.45) is 0 Å². The van der Waals surface area contributed by atoms with Crippen LogP contribution in [0.25, 0.3) is 5.69 Å². The summed E-state index contributed by atoms with van der Waals surface area (Å²) in [7, 11) is -4.33. The van der Waals surface area contributed by atoms with Gasteiger partial charge in [0.15, 0.2) is 0 Å². The second-order valence-electron chi connectivity index (χ2n) is 4.47. The topological polar surface area (TPSA) is 30.9 Å². The molecule has 9 heteroatoms. The zero-order chi connectivity index (χ0) is 15.5. The van der Waals surface area contributed by atoms with Gasteiger partial charge >= 0.3 is 7.25 Å². The van der Waals surface area contributed by atoms with Gasteiger partial charge in [0.05, 0.1) is 13.7 Å². The molecule has 2 heterocycles. The lowest BCUT2D eigenvalue weighted by Gasteiger charge is -1.98. The van der Waals surface area contributed by atoms with E-state index in [1.54, 1.807) is 7.11 Å². The number of nitrogens with zero attached hydrogens (tertiary/aromatic N) is 3. The number of benzene rings is 1. The van der Waals surface area contributed by atoms with Gasteiger partial charge in [-0.2, -0.15) is 0 Å². The van der Waals surface area contributed by atoms with Gasteiger partial charge in [-0.3, -0.25) is 0 Å². The molecule has 0 N–H and O–H groups in total. The van der Waals surface area contributed by atoms with Gasteiger partial charge in [-0.1, -0.05) is 4.68 Å². The number of aromatic nitrogens is 3. The Morgan fingerprint density at radius 1 is 1.19 bits per heavy atom. The third kappa shape index (κ3) is 4.47. The molecule has 1 aliphatic rings. The molecule has 0 amide bonds. The minimum atomic E-state index is -6.00. The van der Waals surface area contributed by atoms with Crippen molar-refractivity contribution in [2.45, 2.75) is 19.4 Å². The second-order valence-corrected chi connectivity index (χ2v) is 4.47. The molecule has 0 atom stereocenters. The van der Waals surface area contributed by atoms with E-state index in [1.807, 2.05) is 28.9 Å². The molecule has 4 nitrogen and oxygen atoms in total. The summed E-state index contributed by atoms with van der Waals surface area (Å²) in [5.74, 6) is 2.05. The Morgan fingerprint density at radius 3 is 2.33 bits per heavy atom. The van der Waals surface area contributed by atoms with Gasteiger partial charge in [-0.25, -0.2) is 4.57 Å². The summed E-state index contributed by atoms with van der Waals surface area (Å²) in [6, 6.07) is 7.93. The average Bonchev–Trinajstić information content (AvgIpc) is 2.97. The molecular formula is C12H14BF4N3O. The fraction of sp³-hybridized carbons (Fsp3) is 0.333. The van der Waals surface area contributed by atoms with Crippen molar-refractivity contribution < 1.29 is 26.6 Å². The van der Waals surface area contributed by atoms with Crippen molar-refractivity contribution in [3.05, 3.63) is 36.4 Å². The van der Waals surface area contributed by atoms with E-state index in [-0.39, 0.29) is 0 Å². The molecule has 114 valence electrons. The van der Waals surface area contributed by atoms with Crippen LogP contribution in [-0.4, -0.2) is 24.1 Å². The van der Waals surface area contributed by atoms with E-state index >= 15 is 0 Å². The van der Waals surface area contributed by atoms with E-state index in [0.29, 0.717) is 0 Å². The van der Waals surface area contributed by atoms with Crippen LogP contribution in [0.15, 0.2) is 30.6 Å². The Bertz CT molecular complexity index is 570. The molecule has 2 aromatic rings. The number of fused-ring (bicyclic) bond motifs is 1. The van der Waals surface area contributed by atoms with Gasteiger partial charge in [0.25, 0.3) is 5.82 Å². The first-order valence-corrected chi connectivity index (χ1v) is 6.36. The van der Waals surface area contributed by atoms with Crippen molar-refractivity contribution in [3.63, 3.8) is 0 Å². The SMILES string of the molecule is COc1ccc(-n2c[n+]3c(n2)CCC3)cc1.F[B-](F)(F)F. The number of aryl methyl sites for hydroxylation is 2. The number of hydrogen-bond acceptors (Lipinski definition) is 2. The molecule has 0 bridgehead atoms. The Kier molecular flexibility index (Phi) is 4.49. The summed E-state index contributed by atoms with van der Waals surface area (Å²) < 4.78 is 48.3. The Hall–Kier alpha value is -2.06. The molecule has 0 spiro atoms. The minimum absolute atomic E-state index is 0.871. The Balaban J connectivity index is 0.000000282. The average molecular weight is 303 g/mol. The van der Waals surface area contributed by atoms with E-state index in [0.717, 1.165) is 24.4 Å². The van der Waals surface area contributed by atoms with E-state index < -0.39 is 7.25 Å². The first-order chi connectivity index (χ1) is 9.86. The van der Waals surface area contributed by atoms with Gasteiger partial charge in [-0.05, 0) is 30.7 Å². The van der Waals surface area contributed by atoms with E-state index in [2.05, 4.69) is 16.0 Å². The highest BCUT2D eigenvalue weighted by molar-refractivity contribution is 6.50. The molecule has 0 fully saturated rings. The summed E-state index contributed by atoms with van der Waals surface area (Å²) >= 11 is 0. The quantitative estimate of drug-likeness (QED) is 0.485. The molecule has 1 aromatic carbocycles. The summed E-state index contributed by atoms with van der Waals surface area (Å²) in [5, 5.41) is 4.56. The molecule has 0 unspecified atom stereocenters. The van der Waals surface area contributed by atoms with Crippen molar-refractivity contribution in [2.75, 3.05) is 7.11 Å². The number of rotatable bonds is 2. The number of halogens is 4. The first-order valence-electron chi connectivity index (χ1n) is 6.36. The lowest BCUT2D eigenvalue weighted by Crippen LogP contribution is -2.29. The molecular weight excluding hydrogens is 289 g/mol. The van der Waals surface area contributed by atoms with Gasteiger partial charge in [0.1, 0.15) is 11.4 Å². The van der Waals surface area contributed by atoms with Crippen molar-refractivity contribution in [1.29, 1.82) is 0 Å². The van der Waals surface area contributed by atoms with E-state index in [9.17, 15) is 17.3 Å². The molecule has 1 aliphatic heterocycles. The predicted molar refractivity (Wildman–Crippen MR) is 68.8 cm³/mol. The molecule has 0 saturated carbocycles. The highest BCUT2D eigenvalue weighted by atomic mass is 19.5. The van der Waals surface area contributed by atoms with E-state index in [4.69, 9.17) is 4.74 Å². The Morgan fingerprint density at radius 2 is 1.81 bits per heavy atom. The van der Waals surface area contributed by atoms with Crippen LogP contribution in [-0.2, 0) is 13.0 Å². The third-order valence-electron chi connectivity index (χ3n) is 2.94. The molecule has 0 aliphatic carbocycles. The minimum Gasteiger partial charge on any atom is -0.497 e. The molecule has 21 heavy (non-hydrogen) atoms. The van der Waals surface area contributed by atoms with Gasteiger partial charge in [0.2, 0.25) is 6.33 Å². The van der Waals surface area contributed by atoms with Gasteiger partial charge in [-0.15, -0.1) is 0 Å². The van der Waals surface area contributed by atoms with Crippen LogP contribution in [0.1, 0.15) is 12.2 Å². The fourth-order valence-electron chi connectivity index (χ4n) is 2.05. The zero-order valence-electron chi connectivity index (χ0n) is 11.3. The summed E-state index contributed by atoms with van der Waals surface area (Å²) in [6.07, 6.45) is 4.36. The summed E-state index contributed by atoms with van der Waals surface area (Å²) in [6.45, 7) is 1.09. The maximum absolute atomic E-state index is 9.75. The smallest absolute Gasteiger partial charge is 0.497 e. The molecule has 0 saturated heterocycles. The molecule has 3 rings (SSSR count). The zero-order valence-corrected chi connectivity index (χ0v) is 11.3. The largest absolute Gasteiger partial charge is 0.673 e. The monoisotopic (exact) mass is 303 g/mol.